The van der Waals surface area contributed by atoms with Crippen LogP contribution in [0.2, 0.25) is 0 Å². The summed E-state index contributed by atoms with van der Waals surface area (Å²) in [5.74, 6) is 0. The van der Waals surface area contributed by atoms with Gasteiger partial charge >= 0.3 is 0 Å². The number of hydrogen-bond acceptors (Lipinski definition) is 0. The SMILES string of the molecule is CC(C)=CCC/C(C)=C\CC/C(C)=C\CBr. The van der Waals surface area contributed by atoms with Crippen LogP contribution in [0.3, 0.4) is 0 Å². The summed E-state index contributed by atoms with van der Waals surface area (Å²) in [6.45, 7) is 8.76. The lowest BCUT2D eigenvalue weighted by Gasteiger charge is -2.00. The molecule has 16 heavy (non-hydrogen) atoms. The molecule has 0 aliphatic rings. The van der Waals surface area contributed by atoms with E-state index in [1.165, 1.54) is 42.4 Å². The number of halogens is 1. The molecule has 0 saturated carbocycles. The Balaban J connectivity index is 3.79. The van der Waals surface area contributed by atoms with Gasteiger partial charge in [0.2, 0.25) is 0 Å². The van der Waals surface area contributed by atoms with Gasteiger partial charge in [0.25, 0.3) is 0 Å². The lowest BCUT2D eigenvalue weighted by atomic mass is 10.1. The maximum absolute atomic E-state index is 3.42. The van der Waals surface area contributed by atoms with E-state index in [0.29, 0.717) is 0 Å². The maximum Gasteiger partial charge on any atom is 0.0214 e. The summed E-state index contributed by atoms with van der Waals surface area (Å²) in [5.41, 5.74) is 4.42. The van der Waals surface area contributed by atoms with Crippen molar-refractivity contribution >= 4 is 15.9 Å². The zero-order valence-corrected chi connectivity index (χ0v) is 12.7. The van der Waals surface area contributed by atoms with E-state index >= 15 is 0 Å². The first-order valence-corrected chi connectivity index (χ1v) is 7.19. The molecule has 0 rings (SSSR count). The predicted molar refractivity (Wildman–Crippen MR) is 79.2 cm³/mol. The van der Waals surface area contributed by atoms with Gasteiger partial charge in [-0.1, -0.05) is 50.9 Å². The number of allylic oxidation sites excluding steroid dienone is 6. The Kier molecular flexibility index (Phi) is 9.71. The summed E-state index contributed by atoms with van der Waals surface area (Å²) in [6.07, 6.45) is 11.7. The van der Waals surface area contributed by atoms with Crippen molar-refractivity contribution in [2.45, 2.75) is 53.4 Å². The van der Waals surface area contributed by atoms with Crippen LogP contribution < -0.4 is 0 Å². The monoisotopic (exact) mass is 284 g/mol. The number of rotatable bonds is 7. The van der Waals surface area contributed by atoms with Gasteiger partial charge in [-0.15, -0.1) is 0 Å². The molecule has 0 bridgehead atoms. The third-order valence-electron chi connectivity index (χ3n) is 2.55. The van der Waals surface area contributed by atoms with Gasteiger partial charge in [-0.05, 0) is 53.4 Å². The van der Waals surface area contributed by atoms with E-state index in [1.54, 1.807) is 0 Å². The van der Waals surface area contributed by atoms with E-state index in [2.05, 4.69) is 61.9 Å². The average Bonchev–Trinajstić information content (AvgIpc) is 2.17. The molecule has 92 valence electrons. The minimum atomic E-state index is 0.974. The summed E-state index contributed by atoms with van der Waals surface area (Å²) in [7, 11) is 0. The van der Waals surface area contributed by atoms with Gasteiger partial charge in [-0.2, -0.15) is 0 Å². The lowest BCUT2D eigenvalue weighted by molar-refractivity contribution is 0.917. The maximum atomic E-state index is 3.42. The highest BCUT2D eigenvalue weighted by molar-refractivity contribution is 9.09. The van der Waals surface area contributed by atoms with Crippen molar-refractivity contribution < 1.29 is 0 Å². The minimum Gasteiger partial charge on any atom is -0.0883 e. The zero-order valence-electron chi connectivity index (χ0n) is 11.1. The average molecular weight is 285 g/mol. The zero-order chi connectivity index (χ0) is 12.4. The molecule has 0 N–H and O–H groups in total. The number of alkyl halides is 1. The molecule has 0 saturated heterocycles. The molecule has 0 fully saturated rings. The Morgan fingerprint density at radius 2 is 1.31 bits per heavy atom. The van der Waals surface area contributed by atoms with Crippen LogP contribution in [0, 0.1) is 0 Å². The van der Waals surface area contributed by atoms with Crippen LogP contribution in [0.4, 0.5) is 0 Å². The van der Waals surface area contributed by atoms with Gasteiger partial charge in [0.1, 0.15) is 0 Å². The molecule has 0 atom stereocenters. The van der Waals surface area contributed by atoms with Crippen molar-refractivity contribution in [3.8, 4) is 0 Å². The topological polar surface area (TPSA) is 0 Å². The second kappa shape index (κ2) is 9.89. The van der Waals surface area contributed by atoms with Crippen LogP contribution >= 0.6 is 15.9 Å². The van der Waals surface area contributed by atoms with Crippen LogP contribution in [0.1, 0.15) is 53.4 Å². The highest BCUT2D eigenvalue weighted by Gasteiger charge is 1.91. The molecule has 0 aliphatic carbocycles. The molecule has 0 spiro atoms. The Bertz CT molecular complexity index is 265. The summed E-state index contributed by atoms with van der Waals surface area (Å²) in [5, 5.41) is 0.974. The highest BCUT2D eigenvalue weighted by Crippen LogP contribution is 2.11. The fourth-order valence-electron chi connectivity index (χ4n) is 1.47. The molecule has 0 aliphatic heterocycles. The molecule has 1 heteroatoms. The molecular weight excluding hydrogens is 260 g/mol. The fraction of sp³-hybridized carbons (Fsp3) is 0.600. The van der Waals surface area contributed by atoms with Crippen LogP contribution in [-0.4, -0.2) is 5.33 Å². The van der Waals surface area contributed by atoms with E-state index in [0.717, 1.165) is 5.33 Å². The first kappa shape index (κ1) is 15.7. The first-order chi connectivity index (χ1) is 7.56. The predicted octanol–water partition coefficient (Wildman–Crippen LogP) is 5.80. The largest absolute Gasteiger partial charge is 0.0883 e. The molecular formula is C15H25Br. The van der Waals surface area contributed by atoms with Crippen molar-refractivity contribution in [1.29, 1.82) is 0 Å². The van der Waals surface area contributed by atoms with Crippen molar-refractivity contribution in [3.63, 3.8) is 0 Å². The molecule has 0 aromatic heterocycles. The van der Waals surface area contributed by atoms with Crippen molar-refractivity contribution in [2.75, 3.05) is 5.33 Å². The molecule has 0 amide bonds. The van der Waals surface area contributed by atoms with Crippen LogP contribution in [0.25, 0.3) is 0 Å². The second-order valence-electron chi connectivity index (χ2n) is 4.61. The Morgan fingerprint density at radius 1 is 0.812 bits per heavy atom. The lowest BCUT2D eigenvalue weighted by Crippen LogP contribution is -1.81. The summed E-state index contributed by atoms with van der Waals surface area (Å²) >= 11 is 3.42. The third-order valence-corrected chi connectivity index (χ3v) is 2.87. The molecule has 0 aromatic rings. The molecule has 0 unspecified atom stereocenters. The van der Waals surface area contributed by atoms with E-state index in [4.69, 9.17) is 0 Å². The summed E-state index contributed by atoms with van der Waals surface area (Å²) < 4.78 is 0. The van der Waals surface area contributed by atoms with Gasteiger partial charge in [0.05, 0.1) is 0 Å². The fourth-order valence-corrected chi connectivity index (χ4v) is 2.02. The van der Waals surface area contributed by atoms with E-state index in [1.807, 2.05) is 0 Å². The minimum absolute atomic E-state index is 0.974. The van der Waals surface area contributed by atoms with Gasteiger partial charge in [0, 0.05) is 5.33 Å². The smallest absolute Gasteiger partial charge is 0.0214 e. The first-order valence-electron chi connectivity index (χ1n) is 6.07. The highest BCUT2D eigenvalue weighted by atomic mass is 79.9. The van der Waals surface area contributed by atoms with Crippen LogP contribution in [-0.2, 0) is 0 Å². The molecule has 0 heterocycles. The third kappa shape index (κ3) is 10.2. The Morgan fingerprint density at radius 3 is 1.81 bits per heavy atom. The molecule has 0 radical (unpaired) electrons. The second-order valence-corrected chi connectivity index (χ2v) is 5.26. The Hall–Kier alpha value is -0.300. The van der Waals surface area contributed by atoms with Gasteiger partial charge in [-0.3, -0.25) is 0 Å². The van der Waals surface area contributed by atoms with Gasteiger partial charge in [0.15, 0.2) is 0 Å². The van der Waals surface area contributed by atoms with E-state index < -0.39 is 0 Å². The normalized spacial score (nSPS) is 12.8. The number of hydrogen-bond donors (Lipinski definition) is 0. The van der Waals surface area contributed by atoms with Gasteiger partial charge in [-0.25, -0.2) is 0 Å². The van der Waals surface area contributed by atoms with Crippen LogP contribution in [0.15, 0.2) is 34.9 Å². The van der Waals surface area contributed by atoms with E-state index in [-0.39, 0.29) is 0 Å². The molecule has 0 nitrogen and oxygen atoms in total. The van der Waals surface area contributed by atoms with Crippen LogP contribution in [0.5, 0.6) is 0 Å². The summed E-state index contributed by atoms with van der Waals surface area (Å²) in [6, 6.07) is 0. The Labute approximate surface area is 110 Å². The van der Waals surface area contributed by atoms with E-state index in [9.17, 15) is 0 Å². The quantitative estimate of drug-likeness (QED) is 0.409. The standard InChI is InChI=1S/C15H25Br/c1-13(2)7-5-8-14(3)9-6-10-15(4)11-12-16/h7,9,11H,5-6,8,10,12H2,1-4H3/b14-9-,15-11-. The summed E-state index contributed by atoms with van der Waals surface area (Å²) in [4.78, 5) is 0. The van der Waals surface area contributed by atoms with Crippen molar-refractivity contribution in [3.05, 3.63) is 34.9 Å². The van der Waals surface area contributed by atoms with Gasteiger partial charge < -0.3 is 0 Å². The van der Waals surface area contributed by atoms with Crippen molar-refractivity contribution in [1.82, 2.24) is 0 Å². The van der Waals surface area contributed by atoms with Crippen molar-refractivity contribution in [2.24, 2.45) is 0 Å². The molecule has 0 aromatic carbocycles.